The van der Waals surface area contributed by atoms with Gasteiger partial charge in [0.2, 0.25) is 0 Å². The molecule has 0 spiro atoms. The van der Waals surface area contributed by atoms with E-state index in [1.165, 1.54) is 12.2 Å². The number of amides is 2. The molecule has 0 aliphatic carbocycles. The molecule has 19 heavy (non-hydrogen) atoms. The summed E-state index contributed by atoms with van der Waals surface area (Å²) in [6.07, 6.45) is 1.94. The number of rotatable bonds is 4. The summed E-state index contributed by atoms with van der Waals surface area (Å²) in [6.45, 7) is 1.99. The maximum atomic E-state index is 12.0. The van der Waals surface area contributed by atoms with Gasteiger partial charge in [0, 0.05) is 24.9 Å². The Labute approximate surface area is 116 Å². The lowest BCUT2D eigenvalue weighted by atomic mass is 10.2. The van der Waals surface area contributed by atoms with E-state index in [4.69, 9.17) is 9.84 Å². The Balaban J connectivity index is 1.73. The van der Waals surface area contributed by atoms with E-state index in [2.05, 4.69) is 5.32 Å². The van der Waals surface area contributed by atoms with Crippen molar-refractivity contribution in [1.29, 1.82) is 0 Å². The Hall–Kier alpha value is -0.950. The van der Waals surface area contributed by atoms with Gasteiger partial charge in [0.1, 0.15) is 0 Å². The second-order valence-corrected chi connectivity index (χ2v) is 6.27. The molecule has 0 aromatic carbocycles. The Morgan fingerprint density at radius 3 is 3.00 bits per heavy atom. The van der Waals surface area contributed by atoms with E-state index in [-0.39, 0.29) is 12.5 Å². The minimum absolute atomic E-state index is 0.0533. The van der Waals surface area contributed by atoms with Crippen molar-refractivity contribution in [3.05, 3.63) is 0 Å². The van der Waals surface area contributed by atoms with Crippen molar-refractivity contribution in [2.75, 3.05) is 32.0 Å². The zero-order chi connectivity index (χ0) is 13.7. The quantitative estimate of drug-likeness (QED) is 0.799. The molecule has 0 aromatic rings. The van der Waals surface area contributed by atoms with Crippen LogP contribution in [0.1, 0.15) is 19.3 Å². The van der Waals surface area contributed by atoms with Gasteiger partial charge in [-0.25, -0.2) is 4.79 Å². The molecule has 2 atom stereocenters. The number of carboxylic acids is 1. The summed E-state index contributed by atoms with van der Waals surface area (Å²) in [6, 6.07) is -0.105. The predicted octanol–water partition coefficient (Wildman–Crippen LogP) is 0.767. The summed E-state index contributed by atoms with van der Waals surface area (Å²) in [5.74, 6) is 0.285. The van der Waals surface area contributed by atoms with Gasteiger partial charge in [-0.05, 0) is 18.6 Å². The smallest absolute Gasteiger partial charge is 0.317 e. The number of hydrogen-bond donors (Lipinski definition) is 2. The molecular weight excluding hydrogens is 268 g/mol. The average molecular weight is 288 g/mol. The first-order valence-corrected chi connectivity index (χ1v) is 7.68. The highest BCUT2D eigenvalue weighted by Gasteiger charge is 2.26. The Morgan fingerprint density at radius 2 is 2.32 bits per heavy atom. The van der Waals surface area contributed by atoms with Crippen LogP contribution in [0.4, 0.5) is 4.79 Å². The van der Waals surface area contributed by atoms with Crippen LogP contribution in [-0.2, 0) is 9.53 Å². The normalized spacial score (nSPS) is 27.3. The van der Waals surface area contributed by atoms with Gasteiger partial charge in [0.25, 0.3) is 0 Å². The molecule has 0 saturated carbocycles. The van der Waals surface area contributed by atoms with Crippen LogP contribution < -0.4 is 5.32 Å². The second kappa shape index (κ2) is 7.00. The topological polar surface area (TPSA) is 78.9 Å². The summed E-state index contributed by atoms with van der Waals surface area (Å²) >= 11 is 1.90. The number of morpholine rings is 1. The van der Waals surface area contributed by atoms with Crippen LogP contribution >= 0.6 is 11.8 Å². The summed E-state index contributed by atoms with van der Waals surface area (Å²) in [5.41, 5.74) is 0. The first-order valence-electron chi connectivity index (χ1n) is 6.63. The van der Waals surface area contributed by atoms with Crippen molar-refractivity contribution in [1.82, 2.24) is 10.2 Å². The number of nitrogens with one attached hydrogen (secondary N) is 1. The summed E-state index contributed by atoms with van der Waals surface area (Å²) < 4.78 is 5.34. The van der Waals surface area contributed by atoms with Gasteiger partial charge in [-0.1, -0.05) is 0 Å². The number of ether oxygens (including phenoxy) is 1. The van der Waals surface area contributed by atoms with E-state index >= 15 is 0 Å². The van der Waals surface area contributed by atoms with E-state index in [0.29, 0.717) is 31.5 Å². The van der Waals surface area contributed by atoms with Gasteiger partial charge in [-0.2, -0.15) is 11.8 Å². The molecule has 2 aliphatic rings. The average Bonchev–Trinajstić information content (AvgIpc) is 2.88. The van der Waals surface area contributed by atoms with Crippen molar-refractivity contribution in [3.63, 3.8) is 0 Å². The van der Waals surface area contributed by atoms with Crippen LogP contribution in [0, 0.1) is 0 Å². The minimum Gasteiger partial charge on any atom is -0.481 e. The third kappa shape index (κ3) is 4.58. The molecule has 0 bridgehead atoms. The second-order valence-electron chi connectivity index (χ2n) is 4.86. The number of carboxylic acid groups (broad SMARTS) is 1. The summed E-state index contributed by atoms with van der Waals surface area (Å²) in [4.78, 5) is 24.3. The molecule has 2 amide bonds. The van der Waals surface area contributed by atoms with Crippen LogP contribution in [0.2, 0.25) is 0 Å². The minimum atomic E-state index is -0.894. The molecule has 2 saturated heterocycles. The maximum Gasteiger partial charge on any atom is 0.317 e. The molecule has 2 rings (SSSR count). The Bertz CT molecular complexity index is 334. The SMILES string of the molecule is O=C(O)CC1CN(C(=O)NCC2CCCS2)CCO1. The predicted molar refractivity (Wildman–Crippen MR) is 72.4 cm³/mol. The van der Waals surface area contributed by atoms with Gasteiger partial charge in [0.15, 0.2) is 0 Å². The molecule has 2 fully saturated rings. The molecule has 108 valence electrons. The van der Waals surface area contributed by atoms with Crippen LogP contribution in [0.3, 0.4) is 0 Å². The number of aliphatic carboxylic acids is 1. The van der Waals surface area contributed by atoms with Crippen LogP contribution in [0.25, 0.3) is 0 Å². The molecule has 0 radical (unpaired) electrons. The lowest BCUT2D eigenvalue weighted by Gasteiger charge is -2.32. The van der Waals surface area contributed by atoms with Crippen molar-refractivity contribution < 1.29 is 19.4 Å². The molecule has 7 heteroatoms. The zero-order valence-electron chi connectivity index (χ0n) is 10.8. The van der Waals surface area contributed by atoms with Crippen molar-refractivity contribution in [3.8, 4) is 0 Å². The maximum absolute atomic E-state index is 12.0. The number of nitrogens with zero attached hydrogens (tertiary/aromatic N) is 1. The standard InChI is InChI=1S/C12H20N2O4S/c15-11(16)6-9-8-14(3-4-18-9)12(17)13-7-10-2-1-5-19-10/h9-10H,1-8H2,(H,13,17)(H,15,16). The third-order valence-electron chi connectivity index (χ3n) is 3.33. The molecule has 2 aliphatic heterocycles. The highest BCUT2D eigenvalue weighted by molar-refractivity contribution is 8.00. The molecular formula is C12H20N2O4S. The van der Waals surface area contributed by atoms with Crippen molar-refractivity contribution >= 4 is 23.8 Å². The summed E-state index contributed by atoms with van der Waals surface area (Å²) in [7, 11) is 0. The van der Waals surface area contributed by atoms with Gasteiger partial charge in [-0.15, -0.1) is 0 Å². The van der Waals surface area contributed by atoms with E-state index in [9.17, 15) is 9.59 Å². The van der Waals surface area contributed by atoms with Crippen LogP contribution in [0.5, 0.6) is 0 Å². The first kappa shape index (κ1) is 14.5. The first-order chi connectivity index (χ1) is 9.15. The van der Waals surface area contributed by atoms with E-state index in [0.717, 1.165) is 6.42 Å². The lowest BCUT2D eigenvalue weighted by molar-refractivity contribution is -0.141. The van der Waals surface area contributed by atoms with Gasteiger partial charge in [-0.3, -0.25) is 4.79 Å². The number of urea groups is 1. The summed E-state index contributed by atoms with van der Waals surface area (Å²) in [5, 5.41) is 12.2. The molecule has 6 nitrogen and oxygen atoms in total. The Kier molecular flexibility index (Phi) is 5.33. The van der Waals surface area contributed by atoms with Gasteiger partial charge < -0.3 is 20.1 Å². The van der Waals surface area contributed by atoms with Gasteiger partial charge in [0.05, 0.1) is 19.1 Å². The number of thioether (sulfide) groups is 1. The molecule has 2 unspecified atom stereocenters. The lowest BCUT2D eigenvalue weighted by Crippen LogP contribution is -2.50. The van der Waals surface area contributed by atoms with E-state index < -0.39 is 12.1 Å². The fourth-order valence-electron chi connectivity index (χ4n) is 2.34. The van der Waals surface area contributed by atoms with E-state index in [1.807, 2.05) is 11.8 Å². The van der Waals surface area contributed by atoms with Crippen molar-refractivity contribution in [2.45, 2.75) is 30.6 Å². The van der Waals surface area contributed by atoms with Crippen molar-refractivity contribution in [2.24, 2.45) is 0 Å². The molecule has 2 N–H and O–H groups in total. The number of hydrogen-bond acceptors (Lipinski definition) is 4. The zero-order valence-corrected chi connectivity index (χ0v) is 11.7. The monoisotopic (exact) mass is 288 g/mol. The van der Waals surface area contributed by atoms with E-state index in [1.54, 1.807) is 4.90 Å². The van der Waals surface area contributed by atoms with Crippen LogP contribution in [-0.4, -0.2) is 65.4 Å². The molecule has 0 aromatic heterocycles. The fourth-order valence-corrected chi connectivity index (χ4v) is 3.54. The Morgan fingerprint density at radius 1 is 1.47 bits per heavy atom. The third-order valence-corrected chi connectivity index (χ3v) is 4.73. The highest BCUT2D eigenvalue weighted by atomic mass is 32.2. The number of carbonyl (C=O) groups excluding carboxylic acids is 1. The fraction of sp³-hybridized carbons (Fsp3) is 0.833. The largest absolute Gasteiger partial charge is 0.481 e. The van der Waals surface area contributed by atoms with Gasteiger partial charge >= 0.3 is 12.0 Å². The highest BCUT2D eigenvalue weighted by Crippen LogP contribution is 2.25. The number of carbonyl (C=O) groups is 2. The molecule has 2 heterocycles. The van der Waals surface area contributed by atoms with Crippen LogP contribution in [0.15, 0.2) is 0 Å².